The smallest absolute Gasteiger partial charge is 0.342 e. The summed E-state index contributed by atoms with van der Waals surface area (Å²) >= 11 is 0. The average molecular weight is 266 g/mol. The molecule has 6 nitrogen and oxygen atoms in total. The Morgan fingerprint density at radius 2 is 2.16 bits per heavy atom. The fourth-order valence-corrected chi connectivity index (χ4v) is 1.98. The number of nitro groups is 1. The minimum absolute atomic E-state index is 0.104. The SMILES string of the molecule is CCCC(CC)Nc1cccc(C(=O)O)c1[N+](=O)[O-]. The van der Waals surface area contributed by atoms with Crippen molar-refractivity contribution < 1.29 is 14.8 Å². The topological polar surface area (TPSA) is 92.5 Å². The summed E-state index contributed by atoms with van der Waals surface area (Å²) in [6.07, 6.45) is 2.66. The third kappa shape index (κ3) is 3.67. The number of hydrogen-bond donors (Lipinski definition) is 2. The van der Waals surface area contributed by atoms with Crippen molar-refractivity contribution in [3.63, 3.8) is 0 Å². The summed E-state index contributed by atoms with van der Waals surface area (Å²) in [5.74, 6) is -1.29. The number of carboxylic acid groups (broad SMARTS) is 1. The second-order valence-corrected chi connectivity index (χ2v) is 4.30. The first kappa shape index (κ1) is 14.9. The number of nitro benzene ring substituents is 1. The van der Waals surface area contributed by atoms with Crippen LogP contribution in [0.4, 0.5) is 11.4 Å². The molecule has 0 bridgehead atoms. The second kappa shape index (κ2) is 6.72. The first-order valence-corrected chi connectivity index (χ1v) is 6.28. The maximum atomic E-state index is 11.1. The zero-order valence-corrected chi connectivity index (χ0v) is 11.0. The Morgan fingerprint density at radius 1 is 1.47 bits per heavy atom. The first-order chi connectivity index (χ1) is 9.01. The highest BCUT2D eigenvalue weighted by atomic mass is 16.6. The van der Waals surface area contributed by atoms with Crippen LogP contribution in [0.5, 0.6) is 0 Å². The zero-order valence-electron chi connectivity index (χ0n) is 11.0. The van der Waals surface area contributed by atoms with Gasteiger partial charge in [0.15, 0.2) is 0 Å². The van der Waals surface area contributed by atoms with Gasteiger partial charge in [0, 0.05) is 6.04 Å². The number of benzene rings is 1. The van der Waals surface area contributed by atoms with Gasteiger partial charge in [0.05, 0.1) is 4.92 Å². The highest BCUT2D eigenvalue weighted by molar-refractivity contribution is 5.95. The van der Waals surface area contributed by atoms with Gasteiger partial charge in [-0.15, -0.1) is 0 Å². The van der Waals surface area contributed by atoms with E-state index < -0.39 is 10.9 Å². The van der Waals surface area contributed by atoms with E-state index in [9.17, 15) is 14.9 Å². The van der Waals surface area contributed by atoms with Gasteiger partial charge in [-0.05, 0) is 25.0 Å². The van der Waals surface area contributed by atoms with E-state index in [4.69, 9.17) is 5.11 Å². The van der Waals surface area contributed by atoms with E-state index in [1.165, 1.54) is 12.1 Å². The van der Waals surface area contributed by atoms with Crippen molar-refractivity contribution in [3.05, 3.63) is 33.9 Å². The molecule has 1 rings (SSSR count). The zero-order chi connectivity index (χ0) is 14.4. The Labute approximate surface area is 111 Å². The highest BCUT2D eigenvalue weighted by Gasteiger charge is 2.24. The predicted molar refractivity (Wildman–Crippen MR) is 72.7 cm³/mol. The summed E-state index contributed by atoms with van der Waals surface area (Å²) in [6.45, 7) is 4.02. The Hall–Kier alpha value is -2.11. The second-order valence-electron chi connectivity index (χ2n) is 4.30. The van der Waals surface area contributed by atoms with Gasteiger partial charge in [-0.25, -0.2) is 4.79 Å². The Balaban J connectivity index is 3.16. The number of nitrogens with one attached hydrogen (secondary N) is 1. The summed E-state index contributed by atoms with van der Waals surface area (Å²) in [6, 6.07) is 4.40. The van der Waals surface area contributed by atoms with Crippen LogP contribution < -0.4 is 5.32 Å². The molecule has 0 aliphatic rings. The van der Waals surface area contributed by atoms with Crippen LogP contribution in [0.25, 0.3) is 0 Å². The van der Waals surface area contributed by atoms with Crippen LogP contribution in [0.3, 0.4) is 0 Å². The maximum absolute atomic E-state index is 11.1. The third-order valence-electron chi connectivity index (χ3n) is 2.94. The largest absolute Gasteiger partial charge is 0.477 e. The standard InChI is InChI=1S/C13H18N2O4/c1-3-6-9(4-2)14-11-8-5-7-10(13(16)17)12(11)15(18)19/h5,7-9,14H,3-4,6H2,1-2H3,(H,16,17). The van der Waals surface area contributed by atoms with Crippen LogP contribution in [0.15, 0.2) is 18.2 Å². The van der Waals surface area contributed by atoms with E-state index in [0.717, 1.165) is 19.3 Å². The van der Waals surface area contributed by atoms with E-state index in [1.807, 2.05) is 13.8 Å². The molecule has 6 heteroatoms. The van der Waals surface area contributed by atoms with E-state index in [1.54, 1.807) is 6.07 Å². The Kier molecular flexibility index (Phi) is 5.29. The first-order valence-electron chi connectivity index (χ1n) is 6.28. The maximum Gasteiger partial charge on any atom is 0.342 e. The van der Waals surface area contributed by atoms with E-state index >= 15 is 0 Å². The molecule has 0 saturated carbocycles. The molecule has 104 valence electrons. The van der Waals surface area contributed by atoms with Gasteiger partial charge in [-0.3, -0.25) is 10.1 Å². The number of aromatic carboxylic acids is 1. The van der Waals surface area contributed by atoms with Crippen molar-refractivity contribution in [3.8, 4) is 0 Å². The molecule has 0 spiro atoms. The number of rotatable bonds is 7. The van der Waals surface area contributed by atoms with Crippen molar-refractivity contribution in [1.82, 2.24) is 0 Å². The van der Waals surface area contributed by atoms with Crippen molar-refractivity contribution >= 4 is 17.3 Å². The Bertz CT molecular complexity index is 474. The number of carbonyl (C=O) groups is 1. The van der Waals surface area contributed by atoms with Gasteiger partial charge in [0.2, 0.25) is 0 Å². The number of anilines is 1. The number of carboxylic acids is 1. The summed E-state index contributed by atoms with van der Waals surface area (Å²) in [5, 5.41) is 23.1. The van der Waals surface area contributed by atoms with E-state index in [2.05, 4.69) is 5.32 Å². The lowest BCUT2D eigenvalue weighted by atomic mass is 10.1. The minimum atomic E-state index is -1.29. The quantitative estimate of drug-likeness (QED) is 0.583. The van der Waals surface area contributed by atoms with Crippen molar-refractivity contribution in [2.75, 3.05) is 5.32 Å². The van der Waals surface area contributed by atoms with Gasteiger partial charge in [0.25, 0.3) is 0 Å². The molecule has 0 aromatic heterocycles. The molecule has 19 heavy (non-hydrogen) atoms. The molecule has 0 radical (unpaired) electrons. The van der Waals surface area contributed by atoms with Crippen LogP contribution in [0, 0.1) is 10.1 Å². The van der Waals surface area contributed by atoms with Gasteiger partial charge in [-0.2, -0.15) is 0 Å². The molecule has 1 aromatic rings. The lowest BCUT2D eigenvalue weighted by molar-refractivity contribution is -0.384. The lowest BCUT2D eigenvalue weighted by Gasteiger charge is -2.17. The summed E-state index contributed by atoms with van der Waals surface area (Å²) in [4.78, 5) is 21.5. The highest BCUT2D eigenvalue weighted by Crippen LogP contribution is 2.30. The molecule has 0 amide bonds. The normalized spacial score (nSPS) is 11.9. The molecular formula is C13H18N2O4. The van der Waals surface area contributed by atoms with Gasteiger partial charge in [-0.1, -0.05) is 26.3 Å². The van der Waals surface area contributed by atoms with E-state index in [0.29, 0.717) is 0 Å². The minimum Gasteiger partial charge on any atom is -0.477 e. The van der Waals surface area contributed by atoms with Gasteiger partial charge < -0.3 is 10.4 Å². The third-order valence-corrected chi connectivity index (χ3v) is 2.94. The molecule has 1 unspecified atom stereocenters. The molecule has 0 fully saturated rings. The molecule has 0 aliphatic carbocycles. The average Bonchev–Trinajstić information content (AvgIpc) is 2.37. The fourth-order valence-electron chi connectivity index (χ4n) is 1.98. The van der Waals surface area contributed by atoms with Crippen LogP contribution in [0.2, 0.25) is 0 Å². The molecule has 0 aliphatic heterocycles. The van der Waals surface area contributed by atoms with Crippen LogP contribution in [-0.2, 0) is 0 Å². The van der Waals surface area contributed by atoms with Gasteiger partial charge >= 0.3 is 11.7 Å². The fraction of sp³-hybridized carbons (Fsp3) is 0.462. The number of nitrogens with zero attached hydrogens (tertiary/aromatic N) is 1. The predicted octanol–water partition coefficient (Wildman–Crippen LogP) is 3.28. The molecule has 1 aromatic carbocycles. The Morgan fingerprint density at radius 3 is 2.63 bits per heavy atom. The molecule has 0 heterocycles. The molecule has 2 N–H and O–H groups in total. The van der Waals surface area contributed by atoms with Crippen molar-refractivity contribution in [2.45, 2.75) is 39.2 Å². The molecule has 0 saturated heterocycles. The molecule has 1 atom stereocenters. The van der Waals surface area contributed by atoms with Crippen LogP contribution in [-0.4, -0.2) is 22.0 Å². The van der Waals surface area contributed by atoms with Crippen molar-refractivity contribution in [2.24, 2.45) is 0 Å². The van der Waals surface area contributed by atoms with Crippen molar-refractivity contribution in [1.29, 1.82) is 0 Å². The summed E-state index contributed by atoms with van der Waals surface area (Å²) < 4.78 is 0. The summed E-state index contributed by atoms with van der Waals surface area (Å²) in [5.41, 5.74) is -0.392. The van der Waals surface area contributed by atoms with Crippen LogP contribution >= 0.6 is 0 Å². The number of para-hydroxylation sites is 1. The summed E-state index contributed by atoms with van der Waals surface area (Å²) in [7, 11) is 0. The number of hydrogen-bond acceptors (Lipinski definition) is 4. The van der Waals surface area contributed by atoms with Crippen LogP contribution in [0.1, 0.15) is 43.5 Å². The monoisotopic (exact) mass is 266 g/mol. The van der Waals surface area contributed by atoms with Gasteiger partial charge in [0.1, 0.15) is 11.3 Å². The lowest BCUT2D eigenvalue weighted by Crippen LogP contribution is -2.19. The van der Waals surface area contributed by atoms with E-state index in [-0.39, 0.29) is 23.0 Å². The molecular weight excluding hydrogens is 248 g/mol.